The molecule has 3 rings (SSSR count). The molecule has 1 saturated heterocycles. The van der Waals surface area contributed by atoms with Crippen molar-refractivity contribution in [3.63, 3.8) is 0 Å². The number of anilines is 1. The van der Waals surface area contributed by atoms with Gasteiger partial charge in [-0.15, -0.1) is 0 Å². The first-order valence-electron chi connectivity index (χ1n) is 8.20. The first kappa shape index (κ1) is 15.9. The van der Waals surface area contributed by atoms with E-state index in [0.717, 1.165) is 31.5 Å². The lowest BCUT2D eigenvalue weighted by Gasteiger charge is -2.28. The Bertz CT molecular complexity index is 636. The number of nitro benzene ring substituents is 1. The minimum atomic E-state index is -0.404. The number of hydrogen-bond donors (Lipinski definition) is 0. The fourth-order valence-electron chi connectivity index (χ4n) is 3.61. The Morgan fingerprint density at radius 2 is 1.96 bits per heavy atom. The Morgan fingerprint density at radius 1 is 1.26 bits per heavy atom. The van der Waals surface area contributed by atoms with Gasteiger partial charge in [-0.25, -0.2) is 0 Å². The van der Waals surface area contributed by atoms with E-state index in [1.54, 1.807) is 11.0 Å². The van der Waals surface area contributed by atoms with Crippen molar-refractivity contribution in [2.24, 2.45) is 0 Å². The number of likely N-dealkylation sites (tertiary alicyclic amines) is 1. The van der Waals surface area contributed by atoms with Gasteiger partial charge in [-0.3, -0.25) is 19.8 Å². The maximum atomic E-state index is 12.8. The normalized spacial score (nSPS) is 20.3. The van der Waals surface area contributed by atoms with E-state index in [9.17, 15) is 14.9 Å². The third kappa shape index (κ3) is 3.08. The van der Waals surface area contributed by atoms with Crippen molar-refractivity contribution in [3.05, 3.63) is 33.9 Å². The highest BCUT2D eigenvalue weighted by atomic mass is 16.6. The number of nitro groups is 1. The van der Waals surface area contributed by atoms with Crippen molar-refractivity contribution in [2.45, 2.75) is 38.5 Å². The molecular formula is C17H23N3O3. The van der Waals surface area contributed by atoms with Gasteiger partial charge >= 0.3 is 0 Å². The molecule has 6 nitrogen and oxygen atoms in total. The Kier molecular flexibility index (Phi) is 4.10. The second-order valence-electron chi connectivity index (χ2n) is 7.16. The quantitative estimate of drug-likeness (QED) is 0.635. The molecule has 6 heteroatoms. The van der Waals surface area contributed by atoms with Gasteiger partial charge in [0, 0.05) is 24.1 Å². The molecule has 1 amide bonds. The molecule has 0 saturated carbocycles. The fourth-order valence-corrected chi connectivity index (χ4v) is 3.61. The van der Waals surface area contributed by atoms with Gasteiger partial charge in [0.15, 0.2) is 0 Å². The number of carbonyl (C=O) groups is 1. The zero-order chi connectivity index (χ0) is 16.6. The number of non-ortho nitro benzene ring substituents is 1. The third-order valence-corrected chi connectivity index (χ3v) is 4.87. The molecule has 0 spiro atoms. The summed E-state index contributed by atoms with van der Waals surface area (Å²) in [5, 5.41) is 11.0. The molecular weight excluding hydrogens is 294 g/mol. The lowest BCUT2D eigenvalue weighted by molar-refractivity contribution is -0.384. The van der Waals surface area contributed by atoms with Crippen LogP contribution in [0.25, 0.3) is 0 Å². The van der Waals surface area contributed by atoms with Gasteiger partial charge in [0.05, 0.1) is 17.2 Å². The standard InChI is InChI=1S/C17H23N3O3/c1-17(2)12-19(16(21)11-18-8-4-3-5-9-18)15-10-13(20(22)23)6-7-14(15)17/h6-7,10H,3-5,8-9,11-12H2,1-2H3. The Balaban J connectivity index is 1.85. The van der Waals surface area contributed by atoms with Crippen molar-refractivity contribution in [2.75, 3.05) is 31.1 Å². The molecule has 0 unspecified atom stereocenters. The number of hydrogen-bond acceptors (Lipinski definition) is 4. The van der Waals surface area contributed by atoms with Crippen LogP contribution >= 0.6 is 0 Å². The second kappa shape index (κ2) is 5.92. The van der Waals surface area contributed by atoms with E-state index in [4.69, 9.17) is 0 Å². The number of benzene rings is 1. The predicted octanol–water partition coefficient (Wildman–Crippen LogP) is 2.70. The molecule has 0 aromatic heterocycles. The smallest absolute Gasteiger partial charge is 0.271 e. The molecule has 2 aliphatic heterocycles. The molecule has 2 heterocycles. The maximum absolute atomic E-state index is 12.8. The van der Waals surface area contributed by atoms with E-state index in [2.05, 4.69) is 18.7 Å². The average Bonchev–Trinajstić information content (AvgIpc) is 2.79. The molecule has 0 aliphatic carbocycles. The van der Waals surface area contributed by atoms with Crippen LogP contribution in [0.4, 0.5) is 11.4 Å². The van der Waals surface area contributed by atoms with Gasteiger partial charge in [0.2, 0.25) is 5.91 Å². The summed E-state index contributed by atoms with van der Waals surface area (Å²) in [6, 6.07) is 4.86. The average molecular weight is 317 g/mol. The van der Waals surface area contributed by atoms with E-state index < -0.39 is 4.92 Å². The summed E-state index contributed by atoms with van der Waals surface area (Å²) in [6.45, 7) is 7.06. The first-order chi connectivity index (χ1) is 10.9. The zero-order valence-corrected chi connectivity index (χ0v) is 13.7. The lowest BCUT2D eigenvalue weighted by Crippen LogP contribution is -2.43. The summed E-state index contributed by atoms with van der Waals surface area (Å²) >= 11 is 0. The largest absolute Gasteiger partial charge is 0.310 e. The molecule has 2 aliphatic rings. The van der Waals surface area contributed by atoms with Gasteiger partial charge < -0.3 is 4.90 Å². The highest BCUT2D eigenvalue weighted by Crippen LogP contribution is 2.42. The highest BCUT2D eigenvalue weighted by molar-refractivity contribution is 5.98. The van der Waals surface area contributed by atoms with Crippen molar-refractivity contribution in [1.29, 1.82) is 0 Å². The molecule has 1 fully saturated rings. The Hall–Kier alpha value is -1.95. The molecule has 23 heavy (non-hydrogen) atoms. The van der Waals surface area contributed by atoms with Crippen LogP contribution in [0.3, 0.4) is 0 Å². The maximum Gasteiger partial charge on any atom is 0.271 e. The van der Waals surface area contributed by atoms with Crippen LogP contribution in [0.1, 0.15) is 38.7 Å². The van der Waals surface area contributed by atoms with Gasteiger partial charge in [0.25, 0.3) is 5.69 Å². The van der Waals surface area contributed by atoms with E-state index in [1.807, 2.05) is 0 Å². The van der Waals surface area contributed by atoms with Crippen molar-refractivity contribution < 1.29 is 9.72 Å². The lowest BCUT2D eigenvalue weighted by atomic mass is 9.87. The number of nitrogens with zero attached hydrogens (tertiary/aromatic N) is 3. The van der Waals surface area contributed by atoms with Crippen LogP contribution in [0.2, 0.25) is 0 Å². The Morgan fingerprint density at radius 3 is 2.61 bits per heavy atom. The summed E-state index contributed by atoms with van der Waals surface area (Å²) in [5.41, 5.74) is 1.57. The number of fused-ring (bicyclic) bond motifs is 1. The number of piperidine rings is 1. The molecule has 1 aromatic carbocycles. The highest BCUT2D eigenvalue weighted by Gasteiger charge is 2.39. The predicted molar refractivity (Wildman–Crippen MR) is 88.8 cm³/mol. The van der Waals surface area contributed by atoms with Crippen LogP contribution in [-0.2, 0) is 10.2 Å². The zero-order valence-electron chi connectivity index (χ0n) is 13.7. The number of carbonyl (C=O) groups excluding carboxylic acids is 1. The van der Waals surface area contributed by atoms with E-state index in [-0.39, 0.29) is 17.0 Å². The molecule has 124 valence electrons. The van der Waals surface area contributed by atoms with Crippen LogP contribution < -0.4 is 4.90 Å². The minimum Gasteiger partial charge on any atom is -0.310 e. The third-order valence-electron chi connectivity index (χ3n) is 4.87. The van der Waals surface area contributed by atoms with E-state index in [0.29, 0.717) is 18.8 Å². The van der Waals surface area contributed by atoms with Crippen molar-refractivity contribution >= 4 is 17.3 Å². The van der Waals surface area contributed by atoms with E-state index in [1.165, 1.54) is 18.6 Å². The minimum absolute atomic E-state index is 0.0391. The van der Waals surface area contributed by atoms with Crippen molar-refractivity contribution in [1.82, 2.24) is 4.90 Å². The first-order valence-corrected chi connectivity index (χ1v) is 8.20. The summed E-state index contributed by atoms with van der Waals surface area (Å²) in [5.74, 6) is 0.0409. The summed E-state index contributed by atoms with van der Waals surface area (Å²) < 4.78 is 0. The number of amides is 1. The van der Waals surface area contributed by atoms with Crippen LogP contribution in [0, 0.1) is 10.1 Å². The van der Waals surface area contributed by atoms with Gasteiger partial charge in [0.1, 0.15) is 0 Å². The molecule has 0 atom stereocenters. The Labute approximate surface area is 136 Å². The molecule has 0 bridgehead atoms. The second-order valence-corrected chi connectivity index (χ2v) is 7.16. The van der Waals surface area contributed by atoms with Gasteiger partial charge in [-0.1, -0.05) is 20.3 Å². The topological polar surface area (TPSA) is 66.7 Å². The summed E-state index contributed by atoms with van der Waals surface area (Å²) in [4.78, 5) is 27.3. The summed E-state index contributed by atoms with van der Waals surface area (Å²) in [6.07, 6.45) is 3.51. The number of rotatable bonds is 3. The summed E-state index contributed by atoms with van der Waals surface area (Å²) in [7, 11) is 0. The van der Waals surface area contributed by atoms with Crippen LogP contribution in [-0.4, -0.2) is 41.9 Å². The van der Waals surface area contributed by atoms with Gasteiger partial charge in [-0.05, 0) is 37.6 Å². The van der Waals surface area contributed by atoms with Gasteiger partial charge in [-0.2, -0.15) is 0 Å². The van der Waals surface area contributed by atoms with Crippen LogP contribution in [0.15, 0.2) is 18.2 Å². The van der Waals surface area contributed by atoms with Crippen molar-refractivity contribution in [3.8, 4) is 0 Å². The van der Waals surface area contributed by atoms with E-state index >= 15 is 0 Å². The van der Waals surface area contributed by atoms with Crippen LogP contribution in [0.5, 0.6) is 0 Å². The monoisotopic (exact) mass is 317 g/mol. The molecule has 1 aromatic rings. The SMILES string of the molecule is CC1(C)CN(C(=O)CN2CCCCC2)c2cc([N+](=O)[O-])ccc21. The fraction of sp³-hybridized carbons (Fsp3) is 0.588. The molecule has 0 radical (unpaired) electrons. The molecule has 0 N–H and O–H groups in total.